The zero-order valence-electron chi connectivity index (χ0n) is 12.9. The zero-order valence-corrected chi connectivity index (χ0v) is 14.4. The van der Waals surface area contributed by atoms with Crippen molar-refractivity contribution < 1.29 is 17.9 Å². The topological polar surface area (TPSA) is 64.6 Å². The van der Waals surface area contributed by atoms with E-state index in [0.29, 0.717) is 22.9 Å². The molecular formula is C16H18ClNO4S. The van der Waals surface area contributed by atoms with Crippen LogP contribution >= 0.6 is 11.6 Å². The van der Waals surface area contributed by atoms with Crippen molar-refractivity contribution in [3.8, 4) is 11.5 Å². The number of hydrogen-bond acceptors (Lipinski definition) is 4. The van der Waals surface area contributed by atoms with E-state index in [1.165, 1.54) is 14.2 Å². The summed E-state index contributed by atoms with van der Waals surface area (Å²) in [5.74, 6) is 1.09. The average molecular weight is 356 g/mol. The van der Waals surface area contributed by atoms with Gasteiger partial charge in [0.25, 0.3) is 0 Å². The molecule has 0 saturated heterocycles. The Morgan fingerprint density at radius 2 is 1.65 bits per heavy atom. The van der Waals surface area contributed by atoms with Gasteiger partial charge in [0.05, 0.1) is 19.1 Å². The van der Waals surface area contributed by atoms with Gasteiger partial charge in [0.2, 0.25) is 10.0 Å². The normalized spacial score (nSPS) is 11.3. The van der Waals surface area contributed by atoms with Gasteiger partial charge in [0.1, 0.15) is 0 Å². The van der Waals surface area contributed by atoms with E-state index in [1.807, 2.05) is 0 Å². The Kier molecular flexibility index (Phi) is 5.87. The summed E-state index contributed by atoms with van der Waals surface area (Å²) >= 11 is 6.19. The standard InChI is InChI=1S/C16H18ClNO4S/c1-21-15-10-12(14(17)11-16(15)22-2)8-9-18-23(19,20)13-6-4-3-5-7-13/h3-7,10-11,18H,8-9H2,1-2H3. The molecule has 23 heavy (non-hydrogen) atoms. The van der Waals surface area contributed by atoms with Crippen LogP contribution in [0, 0.1) is 0 Å². The van der Waals surface area contributed by atoms with Crippen molar-refractivity contribution in [2.75, 3.05) is 20.8 Å². The maximum absolute atomic E-state index is 12.1. The van der Waals surface area contributed by atoms with E-state index in [9.17, 15) is 8.42 Å². The number of benzene rings is 2. The number of sulfonamides is 1. The van der Waals surface area contributed by atoms with Crippen LogP contribution in [0.2, 0.25) is 5.02 Å². The number of ether oxygens (including phenoxy) is 2. The van der Waals surface area contributed by atoms with Gasteiger partial charge in [-0.1, -0.05) is 29.8 Å². The molecule has 1 N–H and O–H groups in total. The second kappa shape index (κ2) is 7.68. The fourth-order valence-corrected chi connectivity index (χ4v) is 3.39. The lowest BCUT2D eigenvalue weighted by Gasteiger charge is -2.12. The Morgan fingerprint density at radius 3 is 2.26 bits per heavy atom. The van der Waals surface area contributed by atoms with Crippen LogP contribution in [0.4, 0.5) is 0 Å². The predicted molar refractivity (Wildman–Crippen MR) is 89.9 cm³/mol. The summed E-state index contributed by atoms with van der Waals surface area (Å²) in [6, 6.07) is 11.6. The van der Waals surface area contributed by atoms with E-state index in [1.54, 1.807) is 42.5 Å². The van der Waals surface area contributed by atoms with Gasteiger partial charge in [-0.25, -0.2) is 13.1 Å². The number of nitrogens with one attached hydrogen (secondary N) is 1. The van der Waals surface area contributed by atoms with Crippen molar-refractivity contribution in [3.63, 3.8) is 0 Å². The Bertz CT molecular complexity index is 763. The third-order valence-corrected chi connectivity index (χ3v) is 5.12. The lowest BCUT2D eigenvalue weighted by atomic mass is 10.1. The summed E-state index contributed by atoms with van der Waals surface area (Å²) in [6.45, 7) is 0.229. The van der Waals surface area contributed by atoms with Gasteiger partial charge < -0.3 is 9.47 Å². The molecule has 0 fully saturated rings. The Balaban J connectivity index is 2.07. The molecule has 2 rings (SSSR count). The average Bonchev–Trinajstić information content (AvgIpc) is 2.56. The van der Waals surface area contributed by atoms with E-state index in [-0.39, 0.29) is 11.4 Å². The third kappa shape index (κ3) is 4.37. The van der Waals surface area contributed by atoms with Crippen LogP contribution in [0.25, 0.3) is 0 Å². The highest BCUT2D eigenvalue weighted by atomic mass is 35.5. The minimum Gasteiger partial charge on any atom is -0.493 e. The smallest absolute Gasteiger partial charge is 0.240 e. The molecule has 0 radical (unpaired) electrons. The first-order valence-electron chi connectivity index (χ1n) is 6.93. The molecule has 0 aliphatic heterocycles. The van der Waals surface area contributed by atoms with Crippen molar-refractivity contribution in [3.05, 3.63) is 53.1 Å². The molecule has 5 nitrogen and oxygen atoms in total. The molecule has 0 amide bonds. The summed E-state index contributed by atoms with van der Waals surface area (Å²) in [5.41, 5.74) is 0.778. The van der Waals surface area contributed by atoms with E-state index in [0.717, 1.165) is 5.56 Å². The Morgan fingerprint density at radius 1 is 1.04 bits per heavy atom. The lowest BCUT2D eigenvalue weighted by Crippen LogP contribution is -2.26. The largest absolute Gasteiger partial charge is 0.493 e. The molecule has 0 atom stereocenters. The van der Waals surface area contributed by atoms with Crippen LogP contribution in [0.15, 0.2) is 47.4 Å². The summed E-state index contributed by atoms with van der Waals surface area (Å²) in [7, 11) is -0.456. The van der Waals surface area contributed by atoms with Gasteiger partial charge in [-0.2, -0.15) is 0 Å². The van der Waals surface area contributed by atoms with Gasteiger partial charge in [-0.15, -0.1) is 0 Å². The lowest BCUT2D eigenvalue weighted by molar-refractivity contribution is 0.354. The summed E-state index contributed by atoms with van der Waals surface area (Å²) in [4.78, 5) is 0.235. The fraction of sp³-hybridized carbons (Fsp3) is 0.250. The van der Waals surface area contributed by atoms with E-state index in [4.69, 9.17) is 21.1 Å². The zero-order chi connectivity index (χ0) is 16.9. The molecule has 0 aromatic heterocycles. The van der Waals surface area contributed by atoms with Crippen LogP contribution in [-0.4, -0.2) is 29.2 Å². The molecule has 0 spiro atoms. The summed E-state index contributed by atoms with van der Waals surface area (Å²) in [6.07, 6.45) is 0.436. The molecule has 7 heteroatoms. The van der Waals surface area contributed by atoms with Gasteiger partial charge >= 0.3 is 0 Å². The van der Waals surface area contributed by atoms with E-state index in [2.05, 4.69) is 4.72 Å². The fourth-order valence-electron chi connectivity index (χ4n) is 2.09. The number of hydrogen-bond donors (Lipinski definition) is 1. The monoisotopic (exact) mass is 355 g/mol. The number of rotatable bonds is 7. The predicted octanol–water partition coefficient (Wildman–Crippen LogP) is 2.88. The first kappa shape index (κ1) is 17.6. The molecule has 0 heterocycles. The highest BCUT2D eigenvalue weighted by Crippen LogP contribution is 2.33. The van der Waals surface area contributed by atoms with Crippen LogP contribution in [-0.2, 0) is 16.4 Å². The molecular weight excluding hydrogens is 338 g/mol. The number of methoxy groups -OCH3 is 2. The van der Waals surface area contributed by atoms with Crippen molar-refractivity contribution in [2.45, 2.75) is 11.3 Å². The summed E-state index contributed by atoms with van der Waals surface area (Å²) < 4.78 is 37.2. The van der Waals surface area contributed by atoms with Crippen molar-refractivity contribution in [1.82, 2.24) is 4.72 Å². The van der Waals surface area contributed by atoms with E-state index < -0.39 is 10.0 Å². The van der Waals surface area contributed by atoms with Gasteiger partial charge in [0, 0.05) is 17.6 Å². The van der Waals surface area contributed by atoms with Gasteiger partial charge in [-0.3, -0.25) is 0 Å². The molecule has 2 aromatic carbocycles. The van der Waals surface area contributed by atoms with Crippen LogP contribution < -0.4 is 14.2 Å². The van der Waals surface area contributed by atoms with Gasteiger partial charge in [0.15, 0.2) is 11.5 Å². The molecule has 0 saturated carbocycles. The Labute approximate surface area is 141 Å². The Hall–Kier alpha value is -1.76. The minimum absolute atomic E-state index is 0.229. The first-order chi connectivity index (χ1) is 11.0. The maximum atomic E-state index is 12.1. The molecule has 124 valence electrons. The second-order valence-corrected chi connectivity index (χ2v) is 6.93. The minimum atomic E-state index is -3.52. The molecule has 0 unspecified atom stereocenters. The second-order valence-electron chi connectivity index (χ2n) is 4.76. The SMILES string of the molecule is COc1cc(Cl)c(CCNS(=O)(=O)c2ccccc2)cc1OC. The maximum Gasteiger partial charge on any atom is 0.240 e. The van der Waals surface area contributed by atoms with Crippen molar-refractivity contribution in [2.24, 2.45) is 0 Å². The first-order valence-corrected chi connectivity index (χ1v) is 8.79. The number of halogens is 1. The van der Waals surface area contributed by atoms with Crippen LogP contribution in [0.1, 0.15) is 5.56 Å². The highest BCUT2D eigenvalue weighted by Gasteiger charge is 2.14. The molecule has 2 aromatic rings. The summed E-state index contributed by atoms with van der Waals surface area (Å²) in [5, 5.41) is 0.501. The van der Waals surface area contributed by atoms with Crippen molar-refractivity contribution >= 4 is 21.6 Å². The molecule has 0 aliphatic rings. The third-order valence-electron chi connectivity index (χ3n) is 3.29. The quantitative estimate of drug-likeness (QED) is 0.829. The van der Waals surface area contributed by atoms with Crippen LogP contribution in [0.5, 0.6) is 11.5 Å². The van der Waals surface area contributed by atoms with E-state index >= 15 is 0 Å². The van der Waals surface area contributed by atoms with Crippen molar-refractivity contribution in [1.29, 1.82) is 0 Å². The molecule has 0 aliphatic carbocycles. The highest BCUT2D eigenvalue weighted by molar-refractivity contribution is 7.89. The van der Waals surface area contributed by atoms with Gasteiger partial charge in [-0.05, 0) is 30.2 Å². The van der Waals surface area contributed by atoms with Crippen LogP contribution in [0.3, 0.4) is 0 Å². The molecule has 0 bridgehead atoms.